The molecule has 0 aromatic heterocycles. The van der Waals surface area contributed by atoms with Crippen LogP contribution in [0.3, 0.4) is 0 Å². The van der Waals surface area contributed by atoms with Gasteiger partial charge in [0.2, 0.25) is 0 Å². The minimum atomic E-state index is -0.0894. The third-order valence-corrected chi connectivity index (χ3v) is 4.77. The van der Waals surface area contributed by atoms with Crippen molar-refractivity contribution in [1.82, 2.24) is 0 Å². The zero-order chi connectivity index (χ0) is 15.9. The summed E-state index contributed by atoms with van der Waals surface area (Å²) in [5.74, 6) is 1.77. The van der Waals surface area contributed by atoms with Gasteiger partial charge in [-0.2, -0.15) is 0 Å². The molecule has 1 aromatic rings. The molecule has 1 unspecified atom stereocenters. The number of carbonyl (C=O) groups excluding carboxylic acids is 1. The van der Waals surface area contributed by atoms with Crippen LogP contribution >= 0.6 is 11.8 Å². The molecule has 0 aliphatic heterocycles. The number of thioether (sulfide) groups is 1. The monoisotopic (exact) mass is 310 g/mol. The summed E-state index contributed by atoms with van der Waals surface area (Å²) in [6, 6.07) is 7.33. The molecule has 0 fully saturated rings. The fourth-order valence-electron chi connectivity index (χ4n) is 1.99. The summed E-state index contributed by atoms with van der Waals surface area (Å²) in [6.45, 7) is 9.69. The summed E-state index contributed by atoms with van der Waals surface area (Å²) in [5, 5.41) is -0.0775. The molecule has 118 valence electrons. The predicted molar refractivity (Wildman–Crippen MR) is 89.5 cm³/mol. The van der Waals surface area contributed by atoms with E-state index in [1.54, 1.807) is 18.9 Å². The summed E-state index contributed by atoms with van der Waals surface area (Å²) in [7, 11) is 1.62. The van der Waals surface area contributed by atoms with Crippen LogP contribution in [0.15, 0.2) is 24.3 Å². The van der Waals surface area contributed by atoms with Crippen LogP contribution in [-0.2, 0) is 4.74 Å². The summed E-state index contributed by atoms with van der Waals surface area (Å²) in [6.07, 6.45) is 0. The second-order valence-corrected chi connectivity index (χ2v) is 7.12. The van der Waals surface area contributed by atoms with Gasteiger partial charge in [0.1, 0.15) is 5.75 Å². The minimum Gasteiger partial charge on any atom is -0.497 e. The third-order valence-electron chi connectivity index (χ3n) is 3.12. The Kier molecular flexibility index (Phi) is 7.26. The Morgan fingerprint density at radius 1 is 1.24 bits per heavy atom. The van der Waals surface area contributed by atoms with Crippen LogP contribution < -0.4 is 4.74 Å². The van der Waals surface area contributed by atoms with Crippen molar-refractivity contribution < 1.29 is 14.3 Å². The van der Waals surface area contributed by atoms with Crippen molar-refractivity contribution in [2.24, 2.45) is 5.41 Å². The largest absolute Gasteiger partial charge is 0.497 e. The van der Waals surface area contributed by atoms with Gasteiger partial charge in [0, 0.05) is 17.9 Å². The first-order valence-corrected chi connectivity index (χ1v) is 8.32. The first-order chi connectivity index (χ1) is 9.90. The number of benzene rings is 1. The van der Waals surface area contributed by atoms with Gasteiger partial charge in [-0.25, -0.2) is 0 Å². The quantitative estimate of drug-likeness (QED) is 0.536. The van der Waals surface area contributed by atoms with Gasteiger partial charge in [-0.15, -0.1) is 11.8 Å². The highest BCUT2D eigenvalue weighted by Gasteiger charge is 2.32. The SMILES string of the molecule is CCOCCSC(C(=O)c1ccc(OC)cc1)C(C)(C)C. The van der Waals surface area contributed by atoms with Crippen molar-refractivity contribution >= 4 is 17.5 Å². The van der Waals surface area contributed by atoms with Crippen LogP contribution in [0.5, 0.6) is 5.75 Å². The lowest BCUT2D eigenvalue weighted by molar-refractivity contribution is 0.0950. The lowest BCUT2D eigenvalue weighted by Crippen LogP contribution is -2.32. The molecular formula is C17H26O3S. The number of rotatable bonds is 8. The lowest BCUT2D eigenvalue weighted by atomic mass is 9.87. The second-order valence-electron chi connectivity index (χ2n) is 5.91. The van der Waals surface area contributed by atoms with E-state index in [0.29, 0.717) is 13.2 Å². The van der Waals surface area contributed by atoms with Crippen molar-refractivity contribution in [2.75, 3.05) is 26.1 Å². The maximum atomic E-state index is 12.8. The topological polar surface area (TPSA) is 35.5 Å². The molecule has 1 rings (SSSR count). The van der Waals surface area contributed by atoms with Crippen LogP contribution in [0.2, 0.25) is 0 Å². The van der Waals surface area contributed by atoms with Crippen molar-refractivity contribution in [2.45, 2.75) is 32.9 Å². The van der Waals surface area contributed by atoms with Gasteiger partial charge in [-0.1, -0.05) is 20.8 Å². The maximum absolute atomic E-state index is 12.8. The van der Waals surface area contributed by atoms with E-state index in [1.165, 1.54) is 0 Å². The number of hydrogen-bond donors (Lipinski definition) is 0. The van der Waals surface area contributed by atoms with Crippen molar-refractivity contribution in [3.8, 4) is 5.75 Å². The Morgan fingerprint density at radius 2 is 1.86 bits per heavy atom. The zero-order valence-electron chi connectivity index (χ0n) is 13.6. The summed E-state index contributed by atoms with van der Waals surface area (Å²) < 4.78 is 10.5. The van der Waals surface area contributed by atoms with E-state index in [9.17, 15) is 4.79 Å². The van der Waals surface area contributed by atoms with Crippen LogP contribution in [-0.4, -0.2) is 37.1 Å². The van der Waals surface area contributed by atoms with Crippen molar-refractivity contribution in [3.05, 3.63) is 29.8 Å². The smallest absolute Gasteiger partial charge is 0.176 e. The third kappa shape index (κ3) is 5.71. The molecule has 0 radical (unpaired) electrons. The first kappa shape index (κ1) is 18.1. The number of carbonyl (C=O) groups is 1. The van der Waals surface area contributed by atoms with Gasteiger partial charge < -0.3 is 9.47 Å². The van der Waals surface area contributed by atoms with Gasteiger partial charge in [0.15, 0.2) is 5.78 Å². The van der Waals surface area contributed by atoms with Gasteiger partial charge in [-0.05, 0) is 36.6 Å². The van der Waals surface area contributed by atoms with Gasteiger partial charge in [-0.3, -0.25) is 4.79 Å². The average Bonchev–Trinajstić information content (AvgIpc) is 2.45. The van der Waals surface area contributed by atoms with Crippen molar-refractivity contribution in [1.29, 1.82) is 0 Å². The molecule has 0 saturated heterocycles. The van der Waals surface area contributed by atoms with E-state index in [-0.39, 0.29) is 16.4 Å². The Hall–Kier alpha value is -1.00. The van der Waals surface area contributed by atoms with Crippen LogP contribution in [0.4, 0.5) is 0 Å². The molecule has 0 saturated carbocycles. The van der Waals surface area contributed by atoms with E-state index in [2.05, 4.69) is 20.8 Å². The highest BCUT2D eigenvalue weighted by Crippen LogP contribution is 2.33. The van der Waals surface area contributed by atoms with E-state index in [0.717, 1.165) is 17.1 Å². The van der Waals surface area contributed by atoms with Crippen LogP contribution in [0.1, 0.15) is 38.1 Å². The van der Waals surface area contributed by atoms with Gasteiger partial charge in [0.05, 0.1) is 19.0 Å². The lowest BCUT2D eigenvalue weighted by Gasteiger charge is -2.29. The molecule has 0 amide bonds. The van der Waals surface area contributed by atoms with Gasteiger partial charge >= 0.3 is 0 Å². The number of ether oxygens (including phenoxy) is 2. The molecular weight excluding hydrogens is 284 g/mol. The normalized spacial score (nSPS) is 13.0. The summed E-state index contributed by atoms with van der Waals surface area (Å²) in [4.78, 5) is 12.8. The molecule has 21 heavy (non-hydrogen) atoms. The van der Waals surface area contributed by atoms with E-state index in [4.69, 9.17) is 9.47 Å². The van der Waals surface area contributed by atoms with Crippen LogP contribution in [0, 0.1) is 5.41 Å². The van der Waals surface area contributed by atoms with E-state index in [1.807, 2.05) is 31.2 Å². The molecule has 0 spiro atoms. The van der Waals surface area contributed by atoms with Crippen LogP contribution in [0.25, 0.3) is 0 Å². The summed E-state index contributed by atoms with van der Waals surface area (Å²) >= 11 is 1.68. The molecule has 1 aromatic carbocycles. The number of methoxy groups -OCH3 is 1. The van der Waals surface area contributed by atoms with E-state index < -0.39 is 0 Å². The standard InChI is InChI=1S/C17H26O3S/c1-6-20-11-12-21-16(17(2,3)4)15(18)13-7-9-14(19-5)10-8-13/h7-10,16H,6,11-12H2,1-5H3. The fraction of sp³-hybridized carbons (Fsp3) is 0.588. The maximum Gasteiger partial charge on any atom is 0.176 e. The van der Waals surface area contributed by atoms with Crippen molar-refractivity contribution in [3.63, 3.8) is 0 Å². The molecule has 3 nitrogen and oxygen atoms in total. The molecule has 0 aliphatic carbocycles. The molecule has 4 heteroatoms. The number of Topliss-reactive ketones (excluding diaryl/α,β-unsaturated/α-hetero) is 1. The molecule has 0 aliphatic rings. The highest BCUT2D eigenvalue weighted by atomic mass is 32.2. The Balaban J connectivity index is 2.79. The molecule has 0 heterocycles. The highest BCUT2D eigenvalue weighted by molar-refractivity contribution is 8.00. The number of ketones is 1. The zero-order valence-corrected chi connectivity index (χ0v) is 14.5. The first-order valence-electron chi connectivity index (χ1n) is 7.27. The second kappa shape index (κ2) is 8.44. The predicted octanol–water partition coefficient (Wildman–Crippen LogP) is 4.06. The fourth-order valence-corrected chi connectivity index (χ4v) is 3.23. The van der Waals surface area contributed by atoms with E-state index >= 15 is 0 Å². The Morgan fingerprint density at radius 3 is 2.33 bits per heavy atom. The Bertz CT molecular complexity index is 434. The van der Waals surface area contributed by atoms with Gasteiger partial charge in [0.25, 0.3) is 0 Å². The summed E-state index contributed by atoms with van der Waals surface area (Å²) in [5.41, 5.74) is 0.646. The molecule has 1 atom stereocenters. The molecule has 0 bridgehead atoms. The minimum absolute atomic E-state index is 0.0775. The Labute approximate surface area is 132 Å². The number of hydrogen-bond acceptors (Lipinski definition) is 4. The molecule has 0 N–H and O–H groups in total. The average molecular weight is 310 g/mol.